The van der Waals surface area contributed by atoms with Gasteiger partial charge in [-0.25, -0.2) is 4.99 Å². The molecule has 0 spiro atoms. The van der Waals surface area contributed by atoms with E-state index in [1.54, 1.807) is 12.3 Å². The molecule has 0 bridgehead atoms. The van der Waals surface area contributed by atoms with Gasteiger partial charge in [0.25, 0.3) is 0 Å². The van der Waals surface area contributed by atoms with Crippen molar-refractivity contribution in [3.05, 3.63) is 35.7 Å². The van der Waals surface area contributed by atoms with Gasteiger partial charge in [-0.05, 0) is 49.0 Å². The third-order valence-corrected chi connectivity index (χ3v) is 5.41. The molecule has 0 atom stereocenters. The van der Waals surface area contributed by atoms with E-state index < -0.39 is 5.60 Å². The molecule has 6 heteroatoms. The Balaban J connectivity index is 2.29. The molecule has 6 N–H and O–H groups in total. The zero-order valence-corrected chi connectivity index (χ0v) is 16.4. The molecule has 1 aromatic rings. The summed E-state index contributed by atoms with van der Waals surface area (Å²) in [5.41, 5.74) is 12.8. The Morgan fingerprint density at radius 3 is 2.54 bits per heavy atom. The molecule has 1 saturated carbocycles. The van der Waals surface area contributed by atoms with Crippen LogP contribution in [0.2, 0.25) is 0 Å². The molecule has 0 aliphatic heterocycles. The first-order valence-corrected chi connectivity index (χ1v) is 9.40. The molecule has 1 fully saturated rings. The van der Waals surface area contributed by atoms with E-state index in [0.29, 0.717) is 30.2 Å². The minimum absolute atomic E-state index is 0.254. The van der Waals surface area contributed by atoms with Crippen LogP contribution in [0.25, 0.3) is 0 Å². The van der Waals surface area contributed by atoms with Gasteiger partial charge in [0.2, 0.25) is 0 Å². The van der Waals surface area contributed by atoms with Gasteiger partial charge in [-0.15, -0.1) is 0 Å². The molecular weight excluding hydrogens is 326 g/mol. The third kappa shape index (κ3) is 4.55. The molecule has 144 valence electrons. The monoisotopic (exact) mass is 359 g/mol. The molecule has 1 aromatic heterocycles. The summed E-state index contributed by atoms with van der Waals surface area (Å²) in [6, 6.07) is 1.73. The van der Waals surface area contributed by atoms with Crippen molar-refractivity contribution >= 4 is 11.7 Å². The highest BCUT2D eigenvalue weighted by Crippen LogP contribution is 2.45. The van der Waals surface area contributed by atoms with E-state index in [0.717, 1.165) is 24.8 Å². The van der Waals surface area contributed by atoms with Crippen LogP contribution in [-0.4, -0.2) is 26.7 Å². The van der Waals surface area contributed by atoms with Crippen LogP contribution < -0.4 is 11.5 Å². The molecule has 1 heterocycles. The van der Waals surface area contributed by atoms with Crippen LogP contribution in [-0.2, 0) is 0 Å². The van der Waals surface area contributed by atoms with Crippen LogP contribution in [0.4, 0.5) is 5.82 Å². The molecule has 1 aliphatic carbocycles. The Labute approximate surface area is 156 Å². The number of nitrogens with one attached hydrogen (secondary N) is 1. The van der Waals surface area contributed by atoms with Crippen molar-refractivity contribution in [2.75, 3.05) is 0 Å². The van der Waals surface area contributed by atoms with Gasteiger partial charge in [0.15, 0.2) is 0 Å². The van der Waals surface area contributed by atoms with Gasteiger partial charge in [-0.3, -0.25) is 5.10 Å². The lowest BCUT2D eigenvalue weighted by Gasteiger charge is -2.43. The number of allylic oxidation sites excluding steroid dienone is 1. The summed E-state index contributed by atoms with van der Waals surface area (Å²) < 4.78 is 0. The summed E-state index contributed by atoms with van der Waals surface area (Å²) in [5, 5.41) is 18.1. The number of amidine groups is 1. The van der Waals surface area contributed by atoms with Crippen LogP contribution in [0.3, 0.4) is 0 Å². The SMILES string of the molecule is CC\C=C(C(=C/N)/C(N)=N/c1ccn[nH]1)\C1(O)CCC(C(C)(C)C)CC1. The number of hydrogen-bond donors (Lipinski definition) is 4. The van der Waals surface area contributed by atoms with Crippen molar-refractivity contribution in [1.29, 1.82) is 0 Å². The Morgan fingerprint density at radius 2 is 2.08 bits per heavy atom. The van der Waals surface area contributed by atoms with E-state index in [2.05, 4.69) is 36.0 Å². The van der Waals surface area contributed by atoms with Crippen molar-refractivity contribution in [2.45, 2.75) is 65.4 Å². The standard InChI is InChI=1S/C20H33N5O/c1-5-6-16(15(13-21)18(22)24-17-9-12-23-25-17)20(26)10-7-14(8-11-20)19(2,3)4/h6,9,12-14,26H,5,7-8,10-11,21H2,1-4H3,(H3,22,23,24,25)/b15-13-,16-6+. The lowest BCUT2D eigenvalue weighted by molar-refractivity contribution is 0.00629. The smallest absolute Gasteiger partial charge is 0.150 e. The first-order chi connectivity index (χ1) is 12.2. The maximum Gasteiger partial charge on any atom is 0.150 e. The highest BCUT2D eigenvalue weighted by Gasteiger charge is 2.41. The van der Waals surface area contributed by atoms with E-state index >= 15 is 0 Å². The molecule has 0 radical (unpaired) electrons. The van der Waals surface area contributed by atoms with Gasteiger partial charge in [0, 0.05) is 17.8 Å². The molecule has 26 heavy (non-hydrogen) atoms. The first-order valence-electron chi connectivity index (χ1n) is 9.40. The highest BCUT2D eigenvalue weighted by atomic mass is 16.3. The zero-order valence-electron chi connectivity index (χ0n) is 16.4. The van der Waals surface area contributed by atoms with Gasteiger partial charge in [-0.2, -0.15) is 5.10 Å². The van der Waals surface area contributed by atoms with Gasteiger partial charge in [-0.1, -0.05) is 33.8 Å². The molecule has 2 rings (SSSR count). The van der Waals surface area contributed by atoms with Crippen molar-refractivity contribution in [2.24, 2.45) is 27.8 Å². The minimum atomic E-state index is -0.920. The molecule has 0 amide bonds. The summed E-state index contributed by atoms with van der Waals surface area (Å²) in [6.45, 7) is 8.85. The van der Waals surface area contributed by atoms with Gasteiger partial charge >= 0.3 is 0 Å². The van der Waals surface area contributed by atoms with Crippen molar-refractivity contribution in [1.82, 2.24) is 10.2 Å². The topological polar surface area (TPSA) is 113 Å². The van der Waals surface area contributed by atoms with E-state index in [9.17, 15) is 5.11 Å². The number of hydrogen-bond acceptors (Lipinski definition) is 4. The second kappa shape index (κ2) is 8.08. The Morgan fingerprint density at radius 1 is 1.42 bits per heavy atom. The van der Waals surface area contributed by atoms with Gasteiger partial charge < -0.3 is 16.6 Å². The average Bonchev–Trinajstić information content (AvgIpc) is 3.07. The number of H-pyrrole nitrogens is 1. The lowest BCUT2D eigenvalue weighted by Crippen LogP contribution is -2.41. The Kier molecular flexibility index (Phi) is 6.29. The second-order valence-corrected chi connectivity index (χ2v) is 8.22. The van der Waals surface area contributed by atoms with Crippen molar-refractivity contribution < 1.29 is 5.11 Å². The van der Waals surface area contributed by atoms with Crippen LogP contribution in [0.15, 0.2) is 40.7 Å². The second-order valence-electron chi connectivity index (χ2n) is 8.22. The van der Waals surface area contributed by atoms with Crippen molar-refractivity contribution in [3.8, 4) is 0 Å². The summed E-state index contributed by atoms with van der Waals surface area (Å²) in [6.07, 6.45) is 9.24. The first kappa shape index (κ1) is 20.2. The summed E-state index contributed by atoms with van der Waals surface area (Å²) >= 11 is 0. The number of rotatable bonds is 5. The quantitative estimate of drug-likeness (QED) is 0.366. The van der Waals surface area contributed by atoms with Crippen LogP contribution in [0, 0.1) is 11.3 Å². The number of aliphatic hydroxyl groups is 1. The molecule has 0 aromatic carbocycles. The number of aromatic nitrogens is 2. The molecule has 1 aliphatic rings. The average molecular weight is 360 g/mol. The van der Waals surface area contributed by atoms with Gasteiger partial charge in [0.1, 0.15) is 11.7 Å². The Bertz CT molecular complexity index is 672. The normalized spacial score (nSPS) is 26.2. The van der Waals surface area contributed by atoms with Gasteiger partial charge in [0.05, 0.1) is 11.8 Å². The highest BCUT2D eigenvalue weighted by molar-refractivity contribution is 6.02. The fourth-order valence-electron chi connectivity index (χ4n) is 3.80. The lowest BCUT2D eigenvalue weighted by atomic mass is 9.66. The third-order valence-electron chi connectivity index (χ3n) is 5.41. The molecule has 0 unspecified atom stereocenters. The van der Waals surface area contributed by atoms with Crippen molar-refractivity contribution in [3.63, 3.8) is 0 Å². The number of aromatic amines is 1. The zero-order chi connectivity index (χ0) is 19.4. The van der Waals surface area contributed by atoms with Crippen LogP contribution >= 0.6 is 0 Å². The Hall–Kier alpha value is -2.08. The summed E-state index contributed by atoms with van der Waals surface area (Å²) in [4.78, 5) is 4.35. The van der Waals surface area contributed by atoms with Crippen LogP contribution in [0.1, 0.15) is 59.8 Å². The predicted octanol–water partition coefficient (Wildman–Crippen LogP) is 3.54. The molecule has 0 saturated heterocycles. The number of nitrogens with zero attached hydrogens (tertiary/aromatic N) is 2. The maximum atomic E-state index is 11.4. The summed E-state index contributed by atoms with van der Waals surface area (Å²) in [5.74, 6) is 1.44. The van der Waals surface area contributed by atoms with E-state index in [1.165, 1.54) is 6.20 Å². The fraction of sp³-hybridized carbons (Fsp3) is 0.600. The van der Waals surface area contributed by atoms with E-state index in [4.69, 9.17) is 11.5 Å². The molecular formula is C20H33N5O. The predicted molar refractivity (Wildman–Crippen MR) is 107 cm³/mol. The maximum absolute atomic E-state index is 11.4. The van der Waals surface area contributed by atoms with E-state index in [1.807, 2.05) is 13.0 Å². The largest absolute Gasteiger partial charge is 0.404 e. The van der Waals surface area contributed by atoms with E-state index in [-0.39, 0.29) is 11.3 Å². The summed E-state index contributed by atoms with van der Waals surface area (Å²) in [7, 11) is 0. The minimum Gasteiger partial charge on any atom is -0.404 e. The molecule has 6 nitrogen and oxygen atoms in total. The van der Waals surface area contributed by atoms with Crippen LogP contribution in [0.5, 0.6) is 0 Å². The number of nitrogens with two attached hydrogens (primary N) is 2. The number of aliphatic imine (C=N–C) groups is 1. The fourth-order valence-corrected chi connectivity index (χ4v) is 3.80.